The minimum absolute atomic E-state index is 0.00565. The molecule has 90 valence electrons. The number of rotatable bonds is 8. The molecule has 0 aliphatic heterocycles. The van der Waals surface area contributed by atoms with E-state index in [2.05, 4.69) is 10.6 Å². The molecule has 15 heavy (non-hydrogen) atoms. The van der Waals surface area contributed by atoms with Gasteiger partial charge in [0.2, 0.25) is 5.91 Å². The van der Waals surface area contributed by atoms with E-state index >= 15 is 0 Å². The molecule has 0 aromatic heterocycles. The van der Waals surface area contributed by atoms with Crippen molar-refractivity contribution in [1.82, 2.24) is 10.6 Å². The summed E-state index contributed by atoms with van der Waals surface area (Å²) in [7, 11) is 0. The van der Waals surface area contributed by atoms with E-state index in [4.69, 9.17) is 0 Å². The van der Waals surface area contributed by atoms with E-state index in [1.165, 1.54) is 0 Å². The van der Waals surface area contributed by atoms with E-state index in [1.54, 1.807) is 0 Å². The van der Waals surface area contributed by atoms with Crippen molar-refractivity contribution in [2.24, 2.45) is 5.92 Å². The fourth-order valence-corrected chi connectivity index (χ4v) is 1.28. The largest absolute Gasteiger partial charge is 0.391 e. The highest BCUT2D eigenvalue weighted by Gasteiger charge is 2.12. The van der Waals surface area contributed by atoms with Crippen molar-refractivity contribution in [2.45, 2.75) is 39.7 Å². The van der Waals surface area contributed by atoms with Crippen molar-refractivity contribution >= 4 is 5.91 Å². The lowest BCUT2D eigenvalue weighted by molar-refractivity contribution is -0.124. The van der Waals surface area contributed by atoms with Gasteiger partial charge in [-0.3, -0.25) is 4.79 Å². The molecule has 4 nitrogen and oxygen atoms in total. The zero-order valence-electron chi connectivity index (χ0n) is 10.0. The summed E-state index contributed by atoms with van der Waals surface area (Å²) in [5.41, 5.74) is 0. The molecule has 0 radical (unpaired) electrons. The van der Waals surface area contributed by atoms with E-state index in [9.17, 15) is 9.90 Å². The SMILES string of the molecule is CCCC(O)CNC(=O)C(C)CNCC. The molecule has 0 aromatic rings. The van der Waals surface area contributed by atoms with Gasteiger partial charge in [0, 0.05) is 19.0 Å². The zero-order valence-corrected chi connectivity index (χ0v) is 10.0. The number of amides is 1. The smallest absolute Gasteiger partial charge is 0.224 e. The van der Waals surface area contributed by atoms with Crippen LogP contribution in [0.2, 0.25) is 0 Å². The van der Waals surface area contributed by atoms with Crippen molar-refractivity contribution in [1.29, 1.82) is 0 Å². The second kappa shape index (κ2) is 8.68. The first-order valence-corrected chi connectivity index (χ1v) is 5.78. The summed E-state index contributed by atoms with van der Waals surface area (Å²) in [6.07, 6.45) is 1.26. The van der Waals surface area contributed by atoms with E-state index in [1.807, 2.05) is 20.8 Å². The van der Waals surface area contributed by atoms with Gasteiger partial charge in [-0.15, -0.1) is 0 Å². The third-order valence-corrected chi connectivity index (χ3v) is 2.28. The van der Waals surface area contributed by atoms with Gasteiger partial charge in [-0.1, -0.05) is 27.2 Å². The minimum Gasteiger partial charge on any atom is -0.391 e. The Morgan fingerprint density at radius 3 is 2.53 bits per heavy atom. The third kappa shape index (κ3) is 7.33. The highest BCUT2D eigenvalue weighted by Crippen LogP contribution is 1.96. The second-order valence-electron chi connectivity index (χ2n) is 3.90. The van der Waals surface area contributed by atoms with Gasteiger partial charge in [-0.25, -0.2) is 0 Å². The summed E-state index contributed by atoms with van der Waals surface area (Å²) in [6.45, 7) is 7.82. The second-order valence-corrected chi connectivity index (χ2v) is 3.90. The molecule has 0 aliphatic rings. The van der Waals surface area contributed by atoms with Crippen molar-refractivity contribution in [2.75, 3.05) is 19.6 Å². The van der Waals surface area contributed by atoms with Crippen LogP contribution in [0.1, 0.15) is 33.6 Å². The Balaban J connectivity index is 3.63. The summed E-state index contributed by atoms with van der Waals surface area (Å²) >= 11 is 0. The summed E-state index contributed by atoms with van der Waals surface area (Å²) < 4.78 is 0. The predicted octanol–water partition coefficient (Wildman–Crippen LogP) is 0.509. The first kappa shape index (κ1) is 14.4. The van der Waals surface area contributed by atoms with Crippen LogP contribution in [0, 0.1) is 5.92 Å². The Kier molecular flexibility index (Phi) is 8.33. The average Bonchev–Trinajstić information content (AvgIpc) is 2.22. The van der Waals surface area contributed by atoms with Crippen molar-refractivity contribution in [3.05, 3.63) is 0 Å². The molecule has 0 aliphatic carbocycles. The fraction of sp³-hybridized carbons (Fsp3) is 0.909. The molecule has 2 atom stereocenters. The highest BCUT2D eigenvalue weighted by molar-refractivity contribution is 5.78. The van der Waals surface area contributed by atoms with Gasteiger partial charge in [0.25, 0.3) is 0 Å². The van der Waals surface area contributed by atoms with Crippen LogP contribution in [-0.2, 0) is 4.79 Å². The number of aliphatic hydroxyl groups is 1. The van der Waals surface area contributed by atoms with Crippen LogP contribution in [0.3, 0.4) is 0 Å². The molecule has 0 spiro atoms. The molecule has 1 amide bonds. The van der Waals surface area contributed by atoms with Crippen LogP contribution >= 0.6 is 0 Å². The van der Waals surface area contributed by atoms with Crippen molar-refractivity contribution in [3.63, 3.8) is 0 Å². The van der Waals surface area contributed by atoms with Crippen LogP contribution < -0.4 is 10.6 Å². The summed E-state index contributed by atoms with van der Waals surface area (Å²) in [5, 5.41) is 15.3. The lowest BCUT2D eigenvalue weighted by Crippen LogP contribution is -2.39. The van der Waals surface area contributed by atoms with Crippen LogP contribution in [0.4, 0.5) is 0 Å². The van der Waals surface area contributed by atoms with Gasteiger partial charge in [0.05, 0.1) is 6.10 Å². The fourth-order valence-electron chi connectivity index (χ4n) is 1.28. The molecular weight excluding hydrogens is 192 g/mol. The van der Waals surface area contributed by atoms with Gasteiger partial charge in [0.1, 0.15) is 0 Å². The first-order valence-electron chi connectivity index (χ1n) is 5.78. The Labute approximate surface area is 92.4 Å². The number of hydrogen-bond acceptors (Lipinski definition) is 3. The van der Waals surface area contributed by atoms with Gasteiger partial charge in [-0.05, 0) is 13.0 Å². The van der Waals surface area contributed by atoms with E-state index in [-0.39, 0.29) is 11.8 Å². The molecule has 3 N–H and O–H groups in total. The van der Waals surface area contributed by atoms with Crippen LogP contribution in [-0.4, -0.2) is 36.8 Å². The topological polar surface area (TPSA) is 61.4 Å². The quantitative estimate of drug-likeness (QED) is 0.554. The molecule has 0 heterocycles. The van der Waals surface area contributed by atoms with E-state index < -0.39 is 6.10 Å². The van der Waals surface area contributed by atoms with Gasteiger partial charge >= 0.3 is 0 Å². The van der Waals surface area contributed by atoms with Gasteiger partial charge in [-0.2, -0.15) is 0 Å². The Morgan fingerprint density at radius 1 is 1.33 bits per heavy atom. The maximum Gasteiger partial charge on any atom is 0.224 e. The summed E-state index contributed by atoms with van der Waals surface area (Å²) in [4.78, 5) is 11.5. The predicted molar refractivity (Wildman–Crippen MR) is 61.6 cm³/mol. The molecule has 0 fully saturated rings. The molecule has 0 saturated heterocycles. The van der Waals surface area contributed by atoms with Crippen molar-refractivity contribution in [3.8, 4) is 0 Å². The number of carbonyl (C=O) groups is 1. The zero-order chi connectivity index (χ0) is 11.7. The molecule has 0 bridgehead atoms. The molecular formula is C11H24N2O2. The lowest BCUT2D eigenvalue weighted by atomic mass is 10.1. The third-order valence-electron chi connectivity index (χ3n) is 2.28. The lowest BCUT2D eigenvalue weighted by Gasteiger charge is -2.14. The Bertz CT molecular complexity index is 174. The highest BCUT2D eigenvalue weighted by atomic mass is 16.3. The number of carbonyl (C=O) groups excluding carboxylic acids is 1. The molecule has 0 saturated carbocycles. The van der Waals surface area contributed by atoms with E-state index in [0.717, 1.165) is 19.4 Å². The number of hydrogen-bond donors (Lipinski definition) is 3. The maximum absolute atomic E-state index is 11.5. The van der Waals surface area contributed by atoms with Crippen molar-refractivity contribution < 1.29 is 9.90 Å². The number of nitrogens with one attached hydrogen (secondary N) is 2. The van der Waals surface area contributed by atoms with Crippen LogP contribution in [0.25, 0.3) is 0 Å². The molecule has 0 aromatic carbocycles. The van der Waals surface area contributed by atoms with E-state index in [0.29, 0.717) is 13.1 Å². The maximum atomic E-state index is 11.5. The molecule has 4 heteroatoms. The van der Waals surface area contributed by atoms with Crippen LogP contribution in [0.5, 0.6) is 0 Å². The Hall–Kier alpha value is -0.610. The van der Waals surface area contributed by atoms with Gasteiger partial charge in [0.15, 0.2) is 0 Å². The van der Waals surface area contributed by atoms with Gasteiger partial charge < -0.3 is 15.7 Å². The molecule has 2 unspecified atom stereocenters. The standard InChI is InChI=1S/C11H24N2O2/c1-4-6-10(14)8-13-11(15)9(3)7-12-5-2/h9-10,12,14H,4-8H2,1-3H3,(H,13,15). The summed E-state index contributed by atoms with van der Waals surface area (Å²) in [6, 6.07) is 0. The molecule has 0 rings (SSSR count). The summed E-state index contributed by atoms with van der Waals surface area (Å²) in [5.74, 6) is -0.0371. The van der Waals surface area contributed by atoms with Crippen LogP contribution in [0.15, 0.2) is 0 Å². The Morgan fingerprint density at radius 2 is 2.00 bits per heavy atom. The average molecular weight is 216 g/mol. The minimum atomic E-state index is -0.412. The number of aliphatic hydroxyl groups excluding tert-OH is 1. The normalized spacial score (nSPS) is 14.7. The monoisotopic (exact) mass is 216 g/mol. The first-order chi connectivity index (χ1) is 7.11.